The molecule has 0 bridgehead atoms. The van der Waals surface area contributed by atoms with E-state index in [0.717, 1.165) is 16.5 Å². The molecule has 15 heavy (non-hydrogen) atoms. The van der Waals surface area contributed by atoms with Crippen molar-refractivity contribution in [3.63, 3.8) is 0 Å². The van der Waals surface area contributed by atoms with E-state index in [9.17, 15) is 0 Å². The van der Waals surface area contributed by atoms with E-state index in [2.05, 4.69) is 4.98 Å². The monoisotopic (exact) mass is 217 g/mol. The van der Waals surface area contributed by atoms with Crippen molar-refractivity contribution in [2.75, 3.05) is 0 Å². The second-order valence-corrected chi connectivity index (χ2v) is 4.16. The summed E-state index contributed by atoms with van der Waals surface area (Å²) in [6.45, 7) is 0. The van der Waals surface area contributed by atoms with Crippen molar-refractivity contribution < 1.29 is 0 Å². The Morgan fingerprint density at radius 2 is 2.13 bits per heavy atom. The number of aromatic nitrogens is 1. The Hall–Kier alpha value is -1.55. The first-order chi connectivity index (χ1) is 7.27. The molecule has 0 amide bonds. The second-order valence-electron chi connectivity index (χ2n) is 3.15. The molecule has 0 aliphatic carbocycles. The Morgan fingerprint density at radius 3 is 2.93 bits per heavy atom. The molecule has 0 spiro atoms. The van der Waals surface area contributed by atoms with Gasteiger partial charge in [-0.2, -0.15) is 0 Å². The second kappa shape index (κ2) is 4.31. The molecular weight excluding hydrogens is 206 g/mol. The van der Waals surface area contributed by atoms with Gasteiger partial charge in [-0.1, -0.05) is 36.0 Å². The highest BCUT2D eigenvalue weighted by molar-refractivity contribution is 8.13. The third-order valence-electron chi connectivity index (χ3n) is 2.10. The first kappa shape index (κ1) is 9.98. The van der Waals surface area contributed by atoms with Gasteiger partial charge in [0.05, 0.1) is 5.52 Å². The van der Waals surface area contributed by atoms with Gasteiger partial charge in [-0.25, -0.2) is 0 Å². The molecule has 3 nitrogen and oxygen atoms in total. The quantitative estimate of drug-likeness (QED) is 0.599. The van der Waals surface area contributed by atoms with Crippen LogP contribution in [0.25, 0.3) is 10.9 Å². The van der Waals surface area contributed by atoms with Crippen molar-refractivity contribution >= 4 is 27.8 Å². The molecule has 3 N–H and O–H groups in total. The Morgan fingerprint density at radius 1 is 1.33 bits per heavy atom. The number of pyridine rings is 1. The molecule has 1 aromatic carbocycles. The number of nitrogens with zero attached hydrogens (tertiary/aromatic N) is 1. The van der Waals surface area contributed by atoms with Gasteiger partial charge in [0.15, 0.2) is 5.17 Å². The van der Waals surface area contributed by atoms with Crippen molar-refractivity contribution in [3.8, 4) is 0 Å². The van der Waals surface area contributed by atoms with E-state index in [4.69, 9.17) is 11.1 Å². The third-order valence-corrected chi connectivity index (χ3v) is 2.87. The maximum absolute atomic E-state index is 7.17. The van der Waals surface area contributed by atoms with Gasteiger partial charge in [-0.3, -0.25) is 10.4 Å². The van der Waals surface area contributed by atoms with E-state index in [1.54, 1.807) is 6.20 Å². The lowest BCUT2D eigenvalue weighted by Crippen LogP contribution is -2.04. The minimum absolute atomic E-state index is 0.142. The lowest BCUT2D eigenvalue weighted by Gasteiger charge is -2.04. The zero-order valence-corrected chi connectivity index (χ0v) is 8.92. The molecule has 0 unspecified atom stereocenters. The van der Waals surface area contributed by atoms with Crippen LogP contribution in [0, 0.1) is 5.41 Å². The van der Waals surface area contributed by atoms with E-state index in [1.807, 2.05) is 30.3 Å². The number of amidine groups is 1. The normalized spacial score (nSPS) is 10.4. The standard InChI is InChI=1S/C11H11N3S/c12-11(13)15-7-9-4-1-3-8-5-2-6-14-10(8)9/h1-6H,7H2,(H3,12,13). The summed E-state index contributed by atoms with van der Waals surface area (Å²) in [5.74, 6) is 0.698. The van der Waals surface area contributed by atoms with E-state index in [1.165, 1.54) is 11.8 Å². The summed E-state index contributed by atoms with van der Waals surface area (Å²) >= 11 is 1.32. The molecule has 0 saturated carbocycles. The van der Waals surface area contributed by atoms with Gasteiger partial charge in [0.1, 0.15) is 0 Å². The first-order valence-electron chi connectivity index (χ1n) is 4.57. The van der Waals surface area contributed by atoms with Crippen LogP contribution in [0.4, 0.5) is 0 Å². The highest BCUT2D eigenvalue weighted by Crippen LogP contribution is 2.20. The zero-order valence-electron chi connectivity index (χ0n) is 8.10. The minimum atomic E-state index is 0.142. The van der Waals surface area contributed by atoms with Crippen molar-refractivity contribution in [1.29, 1.82) is 5.41 Å². The van der Waals surface area contributed by atoms with Crippen molar-refractivity contribution in [1.82, 2.24) is 4.98 Å². The van der Waals surface area contributed by atoms with Crippen LogP contribution in [0.3, 0.4) is 0 Å². The van der Waals surface area contributed by atoms with Crippen LogP contribution in [0.1, 0.15) is 5.56 Å². The third kappa shape index (κ3) is 2.27. The summed E-state index contributed by atoms with van der Waals surface area (Å²) in [4.78, 5) is 4.33. The van der Waals surface area contributed by atoms with E-state index < -0.39 is 0 Å². The summed E-state index contributed by atoms with van der Waals surface area (Å²) < 4.78 is 0. The number of fused-ring (bicyclic) bond motifs is 1. The van der Waals surface area contributed by atoms with Gasteiger partial charge in [0.2, 0.25) is 0 Å². The number of rotatable bonds is 2. The SMILES string of the molecule is N=C(N)SCc1cccc2cccnc12. The van der Waals surface area contributed by atoms with Crippen LogP contribution in [0.5, 0.6) is 0 Å². The molecule has 0 saturated heterocycles. The maximum Gasteiger partial charge on any atom is 0.151 e. The molecule has 0 aliphatic heterocycles. The topological polar surface area (TPSA) is 62.8 Å². The Bertz CT molecular complexity index is 491. The number of benzene rings is 1. The molecule has 0 fully saturated rings. The highest BCUT2D eigenvalue weighted by atomic mass is 32.2. The smallest absolute Gasteiger partial charge is 0.151 e. The fraction of sp³-hybridized carbons (Fsp3) is 0.0909. The first-order valence-corrected chi connectivity index (χ1v) is 5.55. The molecule has 1 heterocycles. The van der Waals surface area contributed by atoms with Gasteiger partial charge < -0.3 is 5.73 Å². The fourth-order valence-corrected chi connectivity index (χ4v) is 1.98. The summed E-state index contributed by atoms with van der Waals surface area (Å²) in [5.41, 5.74) is 7.42. The average Bonchev–Trinajstić information content (AvgIpc) is 2.26. The van der Waals surface area contributed by atoms with E-state index >= 15 is 0 Å². The highest BCUT2D eigenvalue weighted by Gasteiger charge is 2.02. The van der Waals surface area contributed by atoms with Crippen LogP contribution in [0.15, 0.2) is 36.5 Å². The van der Waals surface area contributed by atoms with Crippen LogP contribution < -0.4 is 5.73 Å². The van der Waals surface area contributed by atoms with Crippen molar-refractivity contribution in [3.05, 3.63) is 42.1 Å². The van der Waals surface area contributed by atoms with Gasteiger partial charge in [0, 0.05) is 17.3 Å². The van der Waals surface area contributed by atoms with Crippen LogP contribution >= 0.6 is 11.8 Å². The number of hydrogen-bond donors (Lipinski definition) is 2. The lowest BCUT2D eigenvalue weighted by atomic mass is 10.1. The Balaban J connectivity index is 2.38. The predicted octanol–water partition coefficient (Wildman–Crippen LogP) is 2.36. The van der Waals surface area contributed by atoms with Gasteiger partial charge in [-0.05, 0) is 11.6 Å². The molecule has 2 aromatic rings. The summed E-state index contributed by atoms with van der Waals surface area (Å²) in [6.07, 6.45) is 1.78. The van der Waals surface area contributed by atoms with Crippen LogP contribution in [-0.2, 0) is 5.75 Å². The summed E-state index contributed by atoms with van der Waals surface area (Å²) in [5, 5.41) is 8.44. The van der Waals surface area contributed by atoms with Crippen LogP contribution in [0.2, 0.25) is 0 Å². The minimum Gasteiger partial charge on any atom is -0.379 e. The predicted molar refractivity (Wildman–Crippen MR) is 65.0 cm³/mol. The molecular formula is C11H11N3S. The maximum atomic E-state index is 7.17. The lowest BCUT2D eigenvalue weighted by molar-refractivity contribution is 1.35. The molecule has 76 valence electrons. The number of nitrogens with one attached hydrogen (secondary N) is 1. The molecule has 4 heteroatoms. The van der Waals surface area contributed by atoms with Crippen LogP contribution in [-0.4, -0.2) is 10.2 Å². The molecule has 1 aromatic heterocycles. The van der Waals surface area contributed by atoms with Gasteiger partial charge in [-0.15, -0.1) is 0 Å². The van der Waals surface area contributed by atoms with Gasteiger partial charge in [0.25, 0.3) is 0 Å². The summed E-state index contributed by atoms with van der Waals surface area (Å²) in [7, 11) is 0. The number of thioether (sulfide) groups is 1. The largest absolute Gasteiger partial charge is 0.379 e. The van der Waals surface area contributed by atoms with Crippen molar-refractivity contribution in [2.24, 2.45) is 5.73 Å². The fourth-order valence-electron chi connectivity index (χ4n) is 1.44. The number of nitrogens with two attached hydrogens (primary N) is 1. The number of para-hydroxylation sites is 1. The number of hydrogen-bond acceptors (Lipinski definition) is 3. The molecule has 0 aliphatic rings. The molecule has 0 radical (unpaired) electrons. The zero-order chi connectivity index (χ0) is 10.7. The van der Waals surface area contributed by atoms with Crippen molar-refractivity contribution in [2.45, 2.75) is 5.75 Å². The Kier molecular flexibility index (Phi) is 2.87. The van der Waals surface area contributed by atoms with E-state index in [0.29, 0.717) is 5.75 Å². The average molecular weight is 217 g/mol. The molecule has 0 atom stereocenters. The summed E-state index contributed by atoms with van der Waals surface area (Å²) in [6, 6.07) is 10.0. The van der Waals surface area contributed by atoms with Gasteiger partial charge >= 0.3 is 0 Å². The Labute approximate surface area is 92.2 Å². The van der Waals surface area contributed by atoms with E-state index in [-0.39, 0.29) is 5.17 Å². The molecule has 2 rings (SSSR count).